The molecule has 1 atom stereocenters. The van der Waals surface area contributed by atoms with Gasteiger partial charge >= 0.3 is 5.97 Å². The van der Waals surface area contributed by atoms with Crippen molar-refractivity contribution < 1.29 is 24.0 Å². The van der Waals surface area contributed by atoms with Gasteiger partial charge in [-0.3, -0.25) is 14.4 Å². The number of carbonyl (C=O) groups excluding carboxylic acids is 4. The molecule has 1 unspecified atom stereocenters. The molecule has 7 nitrogen and oxygen atoms in total. The van der Waals surface area contributed by atoms with Gasteiger partial charge in [0, 0.05) is 24.5 Å². The number of rotatable bonds is 4. The van der Waals surface area contributed by atoms with Crippen molar-refractivity contribution >= 4 is 36.3 Å². The smallest absolute Gasteiger partial charge is 0.342 e. The molecular formula is C11H16N2O5S. The summed E-state index contributed by atoms with van der Waals surface area (Å²) in [5.41, 5.74) is 0. The third-order valence-electron chi connectivity index (χ3n) is 2.48. The summed E-state index contributed by atoms with van der Waals surface area (Å²) in [5, 5.41) is 2.83. The Balaban J connectivity index is 2.80. The van der Waals surface area contributed by atoms with Crippen molar-refractivity contribution in [3.63, 3.8) is 0 Å². The number of hydrogen-bond donors (Lipinski definition) is 2. The Hall–Kier alpha value is -1.57. The molecule has 3 amide bonds. The third-order valence-corrected chi connectivity index (χ3v) is 2.73. The summed E-state index contributed by atoms with van der Waals surface area (Å²) >= 11 is 4.20. The van der Waals surface area contributed by atoms with Gasteiger partial charge in [-0.25, -0.2) is 4.79 Å². The fourth-order valence-corrected chi connectivity index (χ4v) is 1.70. The highest BCUT2D eigenvalue weighted by Crippen LogP contribution is 2.20. The standard InChI is InChI=1S/C11H16N2O5S/c1-6(14)12-9(11(2,3)19)10(17)18-13-7(15)4-5-8(13)16/h9,19H,4-5H2,1-3H3,(H,12,14). The van der Waals surface area contributed by atoms with Crippen LogP contribution in [0.15, 0.2) is 0 Å². The lowest BCUT2D eigenvalue weighted by molar-refractivity contribution is -0.199. The molecule has 1 aliphatic heterocycles. The first kappa shape index (κ1) is 15.5. The molecule has 1 aliphatic rings. The maximum atomic E-state index is 11.9. The van der Waals surface area contributed by atoms with E-state index in [0.717, 1.165) is 0 Å². The van der Waals surface area contributed by atoms with E-state index in [9.17, 15) is 19.2 Å². The molecule has 0 aliphatic carbocycles. The minimum absolute atomic E-state index is 0.0151. The minimum Gasteiger partial charge on any atom is -0.342 e. The van der Waals surface area contributed by atoms with Crippen molar-refractivity contribution in [2.24, 2.45) is 0 Å². The van der Waals surface area contributed by atoms with E-state index in [2.05, 4.69) is 17.9 Å². The van der Waals surface area contributed by atoms with Gasteiger partial charge < -0.3 is 10.2 Å². The van der Waals surface area contributed by atoms with Crippen LogP contribution in [-0.4, -0.2) is 39.5 Å². The molecule has 0 radical (unpaired) electrons. The predicted molar refractivity (Wildman–Crippen MR) is 67.8 cm³/mol. The van der Waals surface area contributed by atoms with E-state index in [1.807, 2.05) is 0 Å². The highest BCUT2D eigenvalue weighted by atomic mass is 32.1. The quantitative estimate of drug-likeness (QED) is 0.552. The summed E-state index contributed by atoms with van der Waals surface area (Å²) in [6, 6.07) is -1.07. The first-order chi connectivity index (χ1) is 8.62. The van der Waals surface area contributed by atoms with Crippen molar-refractivity contribution in [3.8, 4) is 0 Å². The molecule has 0 spiro atoms. The summed E-state index contributed by atoms with van der Waals surface area (Å²) in [5.74, 6) is -2.49. The number of imide groups is 1. The SMILES string of the molecule is CC(=O)NC(C(=O)ON1C(=O)CCC1=O)C(C)(C)S. The molecule has 0 aromatic carbocycles. The minimum atomic E-state index is -1.07. The molecule has 106 valence electrons. The average Bonchev–Trinajstić information content (AvgIpc) is 2.55. The number of thiol groups is 1. The van der Waals surface area contributed by atoms with Gasteiger partial charge in [0.25, 0.3) is 11.8 Å². The highest BCUT2D eigenvalue weighted by molar-refractivity contribution is 7.81. The third kappa shape index (κ3) is 3.95. The van der Waals surface area contributed by atoms with Gasteiger partial charge in [-0.15, -0.1) is 5.06 Å². The lowest BCUT2D eigenvalue weighted by atomic mass is 10.0. The second kappa shape index (κ2) is 5.60. The van der Waals surface area contributed by atoms with Gasteiger partial charge in [-0.1, -0.05) is 0 Å². The van der Waals surface area contributed by atoms with E-state index in [-0.39, 0.29) is 12.8 Å². The number of nitrogens with one attached hydrogen (secondary N) is 1. The van der Waals surface area contributed by atoms with Crippen molar-refractivity contribution in [1.29, 1.82) is 0 Å². The molecule has 0 aromatic heterocycles. The van der Waals surface area contributed by atoms with Crippen LogP contribution in [0.25, 0.3) is 0 Å². The second-order valence-electron chi connectivity index (χ2n) is 4.78. The summed E-state index contributed by atoms with van der Waals surface area (Å²) in [6.07, 6.45) is 0.0301. The van der Waals surface area contributed by atoms with Gasteiger partial charge in [0.05, 0.1) is 0 Å². The molecule has 1 fully saturated rings. The van der Waals surface area contributed by atoms with Crippen molar-refractivity contribution in [3.05, 3.63) is 0 Å². The largest absolute Gasteiger partial charge is 0.356 e. The van der Waals surface area contributed by atoms with Crippen LogP contribution in [0.3, 0.4) is 0 Å². The van der Waals surface area contributed by atoms with Crippen LogP contribution in [0.1, 0.15) is 33.6 Å². The fraction of sp³-hybridized carbons (Fsp3) is 0.636. The summed E-state index contributed by atoms with van der Waals surface area (Å²) in [6.45, 7) is 4.45. The number of carbonyl (C=O) groups is 4. The monoisotopic (exact) mass is 288 g/mol. The lowest BCUT2D eigenvalue weighted by Crippen LogP contribution is -2.53. The Bertz CT molecular complexity index is 413. The van der Waals surface area contributed by atoms with E-state index in [4.69, 9.17) is 4.84 Å². The van der Waals surface area contributed by atoms with Crippen LogP contribution in [-0.2, 0) is 24.0 Å². The molecule has 1 heterocycles. The maximum Gasteiger partial charge on any atom is 0.356 e. The molecule has 19 heavy (non-hydrogen) atoms. The predicted octanol–water partition coefficient (Wildman–Crippen LogP) is -0.193. The van der Waals surface area contributed by atoms with Crippen molar-refractivity contribution in [1.82, 2.24) is 10.4 Å². The second-order valence-corrected chi connectivity index (χ2v) is 5.93. The maximum absolute atomic E-state index is 11.9. The van der Waals surface area contributed by atoms with Gasteiger partial charge in [-0.2, -0.15) is 12.6 Å². The Kier molecular flexibility index (Phi) is 4.56. The zero-order chi connectivity index (χ0) is 14.8. The van der Waals surface area contributed by atoms with Gasteiger partial charge in [-0.05, 0) is 13.8 Å². The highest BCUT2D eigenvalue weighted by Gasteiger charge is 2.39. The topological polar surface area (TPSA) is 92.8 Å². The van der Waals surface area contributed by atoms with Crippen LogP contribution < -0.4 is 5.32 Å². The first-order valence-electron chi connectivity index (χ1n) is 5.70. The van der Waals surface area contributed by atoms with E-state index in [1.54, 1.807) is 13.8 Å². The van der Waals surface area contributed by atoms with E-state index in [0.29, 0.717) is 5.06 Å². The zero-order valence-corrected chi connectivity index (χ0v) is 11.8. The van der Waals surface area contributed by atoms with E-state index >= 15 is 0 Å². The van der Waals surface area contributed by atoms with Gasteiger partial charge in [0.1, 0.15) is 6.04 Å². The molecule has 0 saturated carbocycles. The Morgan fingerprint density at radius 2 is 1.79 bits per heavy atom. The Morgan fingerprint density at radius 1 is 1.32 bits per heavy atom. The number of hydrogen-bond acceptors (Lipinski definition) is 6. The van der Waals surface area contributed by atoms with Crippen molar-refractivity contribution in [2.75, 3.05) is 0 Å². The number of amides is 3. The Morgan fingerprint density at radius 3 is 2.16 bits per heavy atom. The van der Waals surface area contributed by atoms with Crippen LogP contribution in [0, 0.1) is 0 Å². The van der Waals surface area contributed by atoms with Crippen LogP contribution in [0.4, 0.5) is 0 Å². The number of hydroxylamine groups is 2. The molecule has 1 N–H and O–H groups in total. The fourth-order valence-electron chi connectivity index (χ4n) is 1.53. The van der Waals surface area contributed by atoms with E-state index in [1.165, 1.54) is 6.92 Å². The van der Waals surface area contributed by atoms with Crippen LogP contribution >= 0.6 is 12.6 Å². The molecule has 1 rings (SSSR count). The first-order valence-corrected chi connectivity index (χ1v) is 6.14. The molecule has 0 bridgehead atoms. The van der Waals surface area contributed by atoms with Crippen LogP contribution in [0.5, 0.6) is 0 Å². The summed E-state index contributed by atoms with van der Waals surface area (Å²) < 4.78 is -0.908. The lowest BCUT2D eigenvalue weighted by Gasteiger charge is -2.28. The van der Waals surface area contributed by atoms with Gasteiger partial charge in [0.2, 0.25) is 5.91 Å². The average molecular weight is 288 g/mol. The molecule has 0 aromatic rings. The van der Waals surface area contributed by atoms with E-state index < -0.39 is 34.5 Å². The molecular weight excluding hydrogens is 272 g/mol. The zero-order valence-electron chi connectivity index (χ0n) is 10.9. The van der Waals surface area contributed by atoms with Crippen LogP contribution in [0.2, 0.25) is 0 Å². The van der Waals surface area contributed by atoms with Gasteiger partial charge in [0.15, 0.2) is 0 Å². The Labute approximate surface area is 116 Å². The number of nitrogens with zero attached hydrogens (tertiary/aromatic N) is 1. The molecule has 8 heteroatoms. The normalized spacial score (nSPS) is 17.4. The van der Waals surface area contributed by atoms with Crippen molar-refractivity contribution in [2.45, 2.75) is 44.4 Å². The summed E-state index contributed by atoms with van der Waals surface area (Å²) in [7, 11) is 0. The molecule has 1 saturated heterocycles. The summed E-state index contributed by atoms with van der Waals surface area (Å²) in [4.78, 5) is 50.4.